The van der Waals surface area contributed by atoms with E-state index in [0.29, 0.717) is 24.3 Å². The van der Waals surface area contributed by atoms with E-state index in [2.05, 4.69) is 20.5 Å². The minimum atomic E-state index is -0.173. The number of likely N-dealkylation sites (tertiary alicyclic amines) is 1. The molecule has 2 fully saturated rings. The third kappa shape index (κ3) is 5.54. The minimum Gasteiger partial charge on any atom is -0.378 e. The summed E-state index contributed by atoms with van der Waals surface area (Å²) in [5.74, 6) is 0.725. The van der Waals surface area contributed by atoms with Gasteiger partial charge in [-0.05, 0) is 49.2 Å². The van der Waals surface area contributed by atoms with Crippen LogP contribution in [-0.2, 0) is 9.53 Å². The third-order valence-electron chi connectivity index (χ3n) is 6.54. The number of carbonyl (C=O) groups excluding carboxylic acids is 2. The van der Waals surface area contributed by atoms with Crippen molar-refractivity contribution in [1.29, 1.82) is 0 Å². The molecule has 0 bridgehead atoms. The van der Waals surface area contributed by atoms with Crippen molar-refractivity contribution in [2.45, 2.75) is 19.3 Å². The fraction of sp³-hybridized carbons (Fsp3) is 0.370. The number of hydrogen-bond acceptors (Lipinski definition) is 6. The van der Waals surface area contributed by atoms with E-state index in [9.17, 15) is 9.59 Å². The number of benzene rings is 2. The zero-order valence-electron chi connectivity index (χ0n) is 19.8. The summed E-state index contributed by atoms with van der Waals surface area (Å²) >= 11 is 0. The first-order valence-electron chi connectivity index (χ1n) is 12.3. The van der Waals surface area contributed by atoms with Crippen LogP contribution in [0.2, 0.25) is 0 Å². The molecule has 2 aromatic carbocycles. The summed E-state index contributed by atoms with van der Waals surface area (Å²) in [6.45, 7) is 5.50. The molecule has 2 N–H and O–H groups in total. The average Bonchev–Trinajstić information content (AvgIpc) is 3.31. The summed E-state index contributed by atoms with van der Waals surface area (Å²) in [6, 6.07) is 17.4. The van der Waals surface area contributed by atoms with Gasteiger partial charge in [0.15, 0.2) is 0 Å². The number of aromatic nitrogens is 1. The van der Waals surface area contributed by atoms with Gasteiger partial charge in [0.1, 0.15) is 5.82 Å². The molecule has 35 heavy (non-hydrogen) atoms. The first-order chi connectivity index (χ1) is 17.2. The van der Waals surface area contributed by atoms with E-state index in [1.807, 2.05) is 53.4 Å². The number of amides is 2. The smallest absolute Gasteiger partial charge is 0.256 e. The Morgan fingerprint density at radius 2 is 1.83 bits per heavy atom. The molecular formula is C27H31N5O3. The van der Waals surface area contributed by atoms with Crippen LogP contribution in [-0.4, -0.2) is 67.6 Å². The standard InChI is InChI=1S/C27H31N5O3/c33-26-7-3-13-32(26)14-4-12-28-25-19-23(22-5-1-2-6-24(22)30-25)27(34)29-20-8-10-21(11-9-20)31-15-17-35-18-16-31/h1-2,5-6,8-11,19H,3-4,7,12-18H2,(H,28,30)(H,29,34). The summed E-state index contributed by atoms with van der Waals surface area (Å²) in [6.07, 6.45) is 2.44. The maximum Gasteiger partial charge on any atom is 0.256 e. The van der Waals surface area contributed by atoms with Crippen LogP contribution < -0.4 is 15.5 Å². The molecule has 2 saturated heterocycles. The lowest BCUT2D eigenvalue weighted by molar-refractivity contribution is -0.127. The van der Waals surface area contributed by atoms with Crippen LogP contribution in [0.4, 0.5) is 17.2 Å². The van der Waals surface area contributed by atoms with Crippen molar-refractivity contribution in [3.8, 4) is 0 Å². The summed E-state index contributed by atoms with van der Waals surface area (Å²) in [4.78, 5) is 33.9. The second kappa shape index (κ2) is 10.7. The van der Waals surface area contributed by atoms with Crippen molar-refractivity contribution >= 4 is 39.9 Å². The Morgan fingerprint density at radius 3 is 2.60 bits per heavy atom. The predicted octanol–water partition coefficient (Wildman–Crippen LogP) is 3.75. The molecule has 0 atom stereocenters. The maximum atomic E-state index is 13.3. The van der Waals surface area contributed by atoms with Gasteiger partial charge in [0.2, 0.25) is 5.91 Å². The SMILES string of the molecule is O=C(Nc1ccc(N2CCOCC2)cc1)c1cc(NCCCN2CCCC2=O)nc2ccccc12. The molecule has 0 aliphatic carbocycles. The van der Waals surface area contributed by atoms with E-state index in [-0.39, 0.29) is 11.8 Å². The van der Waals surface area contributed by atoms with E-state index < -0.39 is 0 Å². The van der Waals surface area contributed by atoms with E-state index in [0.717, 1.165) is 74.5 Å². The van der Waals surface area contributed by atoms with Gasteiger partial charge in [0.05, 0.1) is 24.3 Å². The number of rotatable bonds is 8. The van der Waals surface area contributed by atoms with Crippen LogP contribution in [0.1, 0.15) is 29.6 Å². The molecule has 8 heteroatoms. The van der Waals surface area contributed by atoms with Gasteiger partial charge in [-0.2, -0.15) is 0 Å². The summed E-state index contributed by atoms with van der Waals surface area (Å²) < 4.78 is 5.43. The van der Waals surface area contributed by atoms with Crippen LogP contribution in [0.25, 0.3) is 10.9 Å². The molecule has 3 aromatic rings. The molecule has 3 heterocycles. The molecule has 0 spiro atoms. The average molecular weight is 474 g/mol. The number of para-hydroxylation sites is 1. The molecule has 2 aliphatic heterocycles. The van der Waals surface area contributed by atoms with Crippen LogP contribution in [0.3, 0.4) is 0 Å². The van der Waals surface area contributed by atoms with Crippen molar-refractivity contribution in [2.24, 2.45) is 0 Å². The number of carbonyl (C=O) groups is 2. The van der Waals surface area contributed by atoms with Gasteiger partial charge in [0.25, 0.3) is 5.91 Å². The van der Waals surface area contributed by atoms with Crippen molar-refractivity contribution < 1.29 is 14.3 Å². The van der Waals surface area contributed by atoms with E-state index in [4.69, 9.17) is 4.74 Å². The summed E-state index contributed by atoms with van der Waals surface area (Å²) in [5.41, 5.74) is 3.21. The normalized spacial score (nSPS) is 16.1. The highest BCUT2D eigenvalue weighted by Gasteiger charge is 2.19. The Kier molecular flexibility index (Phi) is 7.09. The van der Waals surface area contributed by atoms with Crippen LogP contribution >= 0.6 is 0 Å². The van der Waals surface area contributed by atoms with Crippen LogP contribution in [0.15, 0.2) is 54.6 Å². The van der Waals surface area contributed by atoms with E-state index in [1.165, 1.54) is 0 Å². The molecule has 0 saturated carbocycles. The van der Waals surface area contributed by atoms with Gasteiger partial charge in [-0.3, -0.25) is 9.59 Å². The zero-order chi connectivity index (χ0) is 24.0. The second-order valence-corrected chi connectivity index (χ2v) is 8.94. The summed E-state index contributed by atoms with van der Waals surface area (Å²) in [5, 5.41) is 7.18. The van der Waals surface area contributed by atoms with Gasteiger partial charge < -0.3 is 25.2 Å². The van der Waals surface area contributed by atoms with Gasteiger partial charge in [-0.1, -0.05) is 18.2 Å². The van der Waals surface area contributed by atoms with Crippen molar-refractivity contribution in [3.05, 3.63) is 60.2 Å². The molecule has 8 nitrogen and oxygen atoms in total. The molecule has 182 valence electrons. The predicted molar refractivity (Wildman–Crippen MR) is 138 cm³/mol. The number of morpholine rings is 1. The Balaban J connectivity index is 1.26. The molecule has 0 radical (unpaired) electrons. The van der Waals surface area contributed by atoms with E-state index >= 15 is 0 Å². The number of ether oxygens (including phenoxy) is 1. The van der Waals surface area contributed by atoms with Crippen LogP contribution in [0.5, 0.6) is 0 Å². The van der Waals surface area contributed by atoms with Crippen molar-refractivity contribution in [1.82, 2.24) is 9.88 Å². The highest BCUT2D eigenvalue weighted by atomic mass is 16.5. The van der Waals surface area contributed by atoms with Gasteiger partial charge in [-0.15, -0.1) is 0 Å². The molecular weight excluding hydrogens is 442 g/mol. The Bertz CT molecular complexity index is 1190. The zero-order valence-corrected chi connectivity index (χ0v) is 19.8. The number of anilines is 3. The number of nitrogens with zero attached hydrogens (tertiary/aromatic N) is 3. The highest BCUT2D eigenvalue weighted by molar-refractivity contribution is 6.13. The van der Waals surface area contributed by atoms with Crippen LogP contribution in [0, 0.1) is 0 Å². The quantitative estimate of drug-likeness (QED) is 0.485. The topological polar surface area (TPSA) is 86.8 Å². The third-order valence-corrected chi connectivity index (χ3v) is 6.54. The second-order valence-electron chi connectivity index (χ2n) is 8.94. The van der Waals surface area contributed by atoms with Gasteiger partial charge >= 0.3 is 0 Å². The fourth-order valence-corrected chi connectivity index (χ4v) is 4.66. The lowest BCUT2D eigenvalue weighted by Gasteiger charge is -2.28. The van der Waals surface area contributed by atoms with Crippen molar-refractivity contribution in [2.75, 3.05) is 61.5 Å². The fourth-order valence-electron chi connectivity index (χ4n) is 4.66. The lowest BCUT2D eigenvalue weighted by atomic mass is 10.1. The summed E-state index contributed by atoms with van der Waals surface area (Å²) in [7, 11) is 0. The number of nitrogens with one attached hydrogen (secondary N) is 2. The monoisotopic (exact) mass is 473 g/mol. The molecule has 5 rings (SSSR count). The largest absolute Gasteiger partial charge is 0.378 e. The Labute approximate surface area is 205 Å². The number of fused-ring (bicyclic) bond motifs is 1. The molecule has 1 aromatic heterocycles. The van der Waals surface area contributed by atoms with Gasteiger partial charge in [-0.25, -0.2) is 4.98 Å². The number of pyridine rings is 1. The minimum absolute atomic E-state index is 0.173. The Hall–Kier alpha value is -3.65. The van der Waals surface area contributed by atoms with Crippen molar-refractivity contribution in [3.63, 3.8) is 0 Å². The first-order valence-corrected chi connectivity index (χ1v) is 12.3. The number of hydrogen-bond donors (Lipinski definition) is 2. The Morgan fingerprint density at radius 1 is 1.03 bits per heavy atom. The van der Waals surface area contributed by atoms with Gasteiger partial charge in [0, 0.05) is 55.9 Å². The maximum absolute atomic E-state index is 13.3. The molecule has 0 unspecified atom stereocenters. The van der Waals surface area contributed by atoms with E-state index in [1.54, 1.807) is 6.07 Å². The highest BCUT2D eigenvalue weighted by Crippen LogP contribution is 2.24. The molecule has 2 amide bonds. The first kappa shape index (κ1) is 23.1. The molecule has 2 aliphatic rings. The lowest BCUT2D eigenvalue weighted by Crippen LogP contribution is -2.36.